The van der Waals surface area contributed by atoms with Gasteiger partial charge < -0.3 is 14.5 Å². The molecule has 0 aliphatic heterocycles. The molecule has 1 heterocycles. The summed E-state index contributed by atoms with van der Waals surface area (Å²) in [6.45, 7) is 5.28. The van der Waals surface area contributed by atoms with Gasteiger partial charge in [-0.1, -0.05) is 38.8 Å². The second-order valence-electron chi connectivity index (χ2n) is 6.46. The molecule has 1 saturated carbocycles. The van der Waals surface area contributed by atoms with Crippen LogP contribution in [-0.4, -0.2) is 23.3 Å². The molecule has 1 aromatic carbocycles. The lowest BCUT2D eigenvalue weighted by atomic mass is 9.78. The van der Waals surface area contributed by atoms with Crippen LogP contribution < -0.4 is 10.1 Å². The minimum absolute atomic E-state index is 0.504. The van der Waals surface area contributed by atoms with E-state index >= 15 is 0 Å². The number of nitrogens with zero attached hydrogens (tertiary/aromatic N) is 2. The van der Waals surface area contributed by atoms with Gasteiger partial charge in [0.2, 0.25) is 5.89 Å². The van der Waals surface area contributed by atoms with E-state index in [4.69, 9.17) is 9.15 Å². The highest BCUT2D eigenvalue weighted by Gasteiger charge is 2.27. The Labute approximate surface area is 137 Å². The topological polar surface area (TPSA) is 60.2 Å². The molecule has 1 aliphatic carbocycles. The van der Waals surface area contributed by atoms with Crippen LogP contribution in [0.15, 0.2) is 28.7 Å². The first-order valence-electron chi connectivity index (χ1n) is 8.38. The van der Waals surface area contributed by atoms with Crippen molar-refractivity contribution in [3.63, 3.8) is 0 Å². The van der Waals surface area contributed by atoms with Crippen LogP contribution >= 0.6 is 0 Å². The summed E-state index contributed by atoms with van der Waals surface area (Å²) in [5, 5.41) is 11.9. The van der Waals surface area contributed by atoms with E-state index in [9.17, 15) is 0 Å². The maximum absolute atomic E-state index is 5.80. The van der Waals surface area contributed by atoms with Crippen LogP contribution in [0.2, 0.25) is 0 Å². The summed E-state index contributed by atoms with van der Waals surface area (Å²) in [5.74, 6) is 3.32. The first-order valence-corrected chi connectivity index (χ1v) is 8.38. The van der Waals surface area contributed by atoms with Gasteiger partial charge >= 0.3 is 0 Å². The Morgan fingerprint density at radius 3 is 2.87 bits per heavy atom. The molecule has 1 fully saturated rings. The lowest BCUT2D eigenvalue weighted by molar-refractivity contribution is 0.202. The lowest BCUT2D eigenvalue weighted by Crippen LogP contribution is -2.40. The van der Waals surface area contributed by atoms with Gasteiger partial charge in [-0.05, 0) is 30.4 Å². The Morgan fingerprint density at radius 1 is 1.22 bits per heavy atom. The summed E-state index contributed by atoms with van der Waals surface area (Å²) in [7, 11) is 1.64. The highest BCUT2D eigenvalue weighted by atomic mass is 16.5. The van der Waals surface area contributed by atoms with Crippen LogP contribution in [0.5, 0.6) is 5.75 Å². The molecule has 1 N–H and O–H groups in total. The van der Waals surface area contributed by atoms with Gasteiger partial charge in [0.1, 0.15) is 5.75 Å². The zero-order valence-corrected chi connectivity index (χ0v) is 14.1. The molecule has 2 aromatic rings. The van der Waals surface area contributed by atoms with E-state index < -0.39 is 0 Å². The number of ether oxygens (including phenoxy) is 1. The van der Waals surface area contributed by atoms with Crippen LogP contribution in [0.25, 0.3) is 11.5 Å². The molecule has 0 amide bonds. The summed E-state index contributed by atoms with van der Waals surface area (Å²) >= 11 is 0. The maximum atomic E-state index is 5.80. The van der Waals surface area contributed by atoms with Crippen molar-refractivity contribution in [2.45, 2.75) is 45.7 Å². The Bertz CT molecular complexity index is 641. The number of aromatic nitrogens is 2. The van der Waals surface area contributed by atoms with Crippen LogP contribution in [0.4, 0.5) is 0 Å². The first kappa shape index (κ1) is 16.0. The molecule has 3 rings (SSSR count). The van der Waals surface area contributed by atoms with Gasteiger partial charge in [0.15, 0.2) is 0 Å². The van der Waals surface area contributed by atoms with Crippen LogP contribution in [0.3, 0.4) is 0 Å². The highest BCUT2D eigenvalue weighted by Crippen LogP contribution is 2.30. The van der Waals surface area contributed by atoms with Crippen molar-refractivity contribution in [1.82, 2.24) is 15.5 Å². The quantitative estimate of drug-likeness (QED) is 0.912. The first-order chi connectivity index (χ1) is 11.2. The van der Waals surface area contributed by atoms with Crippen molar-refractivity contribution in [3.05, 3.63) is 30.2 Å². The van der Waals surface area contributed by atoms with Gasteiger partial charge in [0.25, 0.3) is 5.89 Å². The van der Waals surface area contributed by atoms with Gasteiger partial charge in [-0.15, -0.1) is 10.2 Å². The number of hydrogen-bond acceptors (Lipinski definition) is 5. The third-order valence-electron chi connectivity index (χ3n) is 5.03. The standard InChI is InChI=1S/C18H25N3O2/c1-12-7-6-9-15(13(12)2)19-11-17-20-21-18(23-17)14-8-4-5-10-16(14)22-3/h4-5,8,10,12-13,15,19H,6-7,9,11H2,1-3H3. The van der Waals surface area contributed by atoms with Crippen molar-refractivity contribution in [2.75, 3.05) is 7.11 Å². The van der Waals surface area contributed by atoms with E-state index in [1.807, 2.05) is 24.3 Å². The van der Waals surface area contributed by atoms with Gasteiger partial charge in [-0.25, -0.2) is 0 Å². The van der Waals surface area contributed by atoms with E-state index in [-0.39, 0.29) is 0 Å². The normalized spacial score (nSPS) is 24.6. The monoisotopic (exact) mass is 315 g/mol. The highest BCUT2D eigenvalue weighted by molar-refractivity contribution is 5.62. The van der Waals surface area contributed by atoms with Crippen LogP contribution in [-0.2, 0) is 6.54 Å². The molecule has 3 atom stereocenters. The fourth-order valence-electron chi connectivity index (χ4n) is 3.34. The second kappa shape index (κ2) is 7.13. The summed E-state index contributed by atoms with van der Waals surface area (Å²) < 4.78 is 11.1. The summed E-state index contributed by atoms with van der Waals surface area (Å²) in [4.78, 5) is 0. The van der Waals surface area contributed by atoms with Gasteiger partial charge in [0.05, 0.1) is 19.2 Å². The van der Waals surface area contributed by atoms with E-state index in [2.05, 4.69) is 29.4 Å². The van der Waals surface area contributed by atoms with Gasteiger partial charge in [0, 0.05) is 6.04 Å². The van der Waals surface area contributed by atoms with E-state index in [0.29, 0.717) is 30.3 Å². The second-order valence-corrected chi connectivity index (χ2v) is 6.46. The van der Waals surface area contributed by atoms with Crippen molar-refractivity contribution < 1.29 is 9.15 Å². The van der Waals surface area contributed by atoms with E-state index in [0.717, 1.165) is 17.2 Å². The Balaban J connectivity index is 1.66. The molecule has 3 unspecified atom stereocenters. The number of rotatable bonds is 5. The smallest absolute Gasteiger partial charge is 0.251 e. The molecule has 0 spiro atoms. The predicted molar refractivity (Wildman–Crippen MR) is 89.1 cm³/mol. The Kier molecular flexibility index (Phi) is 4.96. The Hall–Kier alpha value is -1.88. The molecule has 5 heteroatoms. The number of methoxy groups -OCH3 is 1. The minimum Gasteiger partial charge on any atom is -0.496 e. The van der Waals surface area contributed by atoms with Crippen molar-refractivity contribution in [1.29, 1.82) is 0 Å². The fraction of sp³-hybridized carbons (Fsp3) is 0.556. The molecule has 1 aromatic heterocycles. The minimum atomic E-state index is 0.504. The lowest BCUT2D eigenvalue weighted by Gasteiger charge is -2.34. The molecular formula is C18H25N3O2. The van der Waals surface area contributed by atoms with Crippen molar-refractivity contribution >= 4 is 0 Å². The largest absolute Gasteiger partial charge is 0.496 e. The van der Waals surface area contributed by atoms with Crippen molar-refractivity contribution in [2.24, 2.45) is 11.8 Å². The Morgan fingerprint density at radius 2 is 2.04 bits per heavy atom. The number of benzene rings is 1. The molecule has 1 aliphatic rings. The number of para-hydroxylation sites is 1. The SMILES string of the molecule is COc1ccccc1-c1nnc(CNC2CCCC(C)C2C)o1. The molecular weight excluding hydrogens is 290 g/mol. The molecule has 124 valence electrons. The molecule has 0 radical (unpaired) electrons. The van der Waals surface area contributed by atoms with Crippen LogP contribution in [0.1, 0.15) is 39.0 Å². The average molecular weight is 315 g/mol. The van der Waals surface area contributed by atoms with E-state index in [1.54, 1.807) is 7.11 Å². The summed E-state index contributed by atoms with van der Waals surface area (Å²) in [6, 6.07) is 8.20. The van der Waals surface area contributed by atoms with E-state index in [1.165, 1.54) is 19.3 Å². The zero-order valence-electron chi connectivity index (χ0n) is 14.1. The third-order valence-corrected chi connectivity index (χ3v) is 5.03. The molecule has 5 nitrogen and oxygen atoms in total. The van der Waals surface area contributed by atoms with Crippen LogP contribution in [0, 0.1) is 11.8 Å². The molecule has 23 heavy (non-hydrogen) atoms. The van der Waals surface area contributed by atoms with Crippen molar-refractivity contribution in [3.8, 4) is 17.2 Å². The molecule has 0 saturated heterocycles. The maximum Gasteiger partial charge on any atom is 0.251 e. The fourth-order valence-corrected chi connectivity index (χ4v) is 3.34. The summed E-state index contributed by atoms with van der Waals surface area (Å²) in [5.41, 5.74) is 0.827. The number of hydrogen-bond donors (Lipinski definition) is 1. The molecule has 0 bridgehead atoms. The summed E-state index contributed by atoms with van der Waals surface area (Å²) in [6.07, 6.45) is 3.84. The zero-order chi connectivity index (χ0) is 16.2. The van der Waals surface area contributed by atoms with Gasteiger partial charge in [-0.3, -0.25) is 0 Å². The predicted octanol–water partition coefficient (Wildman–Crippen LogP) is 3.66. The third kappa shape index (κ3) is 3.55. The average Bonchev–Trinajstić information content (AvgIpc) is 3.05. The number of nitrogens with one attached hydrogen (secondary N) is 1. The van der Waals surface area contributed by atoms with Gasteiger partial charge in [-0.2, -0.15) is 0 Å².